The number of benzene rings is 1. The summed E-state index contributed by atoms with van der Waals surface area (Å²) in [6.07, 6.45) is 1.15. The Morgan fingerprint density at radius 2 is 2.22 bits per heavy atom. The molecule has 0 bridgehead atoms. The molecule has 4 heteroatoms. The second-order valence-electron chi connectivity index (χ2n) is 5.10. The molecular formula is C14H18FN3. The lowest BCUT2D eigenvalue weighted by atomic mass is 10.1. The summed E-state index contributed by atoms with van der Waals surface area (Å²) in [7, 11) is 4.17. The van der Waals surface area contributed by atoms with Crippen LogP contribution in [-0.2, 0) is 6.54 Å². The van der Waals surface area contributed by atoms with Crippen LogP contribution in [0, 0.1) is 17.1 Å². The third kappa shape index (κ3) is 3.06. The van der Waals surface area contributed by atoms with E-state index in [2.05, 4.69) is 23.9 Å². The Morgan fingerprint density at radius 1 is 1.44 bits per heavy atom. The normalized spacial score (nSPS) is 20.3. The predicted molar refractivity (Wildman–Crippen MR) is 68.5 cm³/mol. The molecule has 0 saturated carbocycles. The lowest BCUT2D eigenvalue weighted by molar-refractivity contribution is 0.264. The molecule has 1 saturated heterocycles. The first-order chi connectivity index (χ1) is 8.58. The van der Waals surface area contributed by atoms with E-state index in [1.54, 1.807) is 6.07 Å². The Hall–Kier alpha value is -1.44. The number of hydrogen-bond acceptors (Lipinski definition) is 3. The maximum atomic E-state index is 13.3. The van der Waals surface area contributed by atoms with Crippen LogP contribution >= 0.6 is 0 Å². The zero-order chi connectivity index (χ0) is 13.1. The molecule has 1 aromatic rings. The molecule has 0 aliphatic carbocycles. The van der Waals surface area contributed by atoms with E-state index < -0.39 is 0 Å². The van der Waals surface area contributed by atoms with E-state index in [9.17, 15) is 4.39 Å². The number of halogens is 1. The molecule has 0 N–H and O–H groups in total. The minimum Gasteiger partial charge on any atom is -0.305 e. The van der Waals surface area contributed by atoms with Gasteiger partial charge in [0.1, 0.15) is 5.82 Å². The summed E-state index contributed by atoms with van der Waals surface area (Å²) in [5, 5.41) is 8.83. The topological polar surface area (TPSA) is 30.3 Å². The van der Waals surface area contributed by atoms with Crippen molar-refractivity contribution < 1.29 is 4.39 Å². The van der Waals surface area contributed by atoms with Crippen molar-refractivity contribution >= 4 is 0 Å². The Morgan fingerprint density at radius 3 is 2.83 bits per heavy atom. The van der Waals surface area contributed by atoms with E-state index in [-0.39, 0.29) is 5.82 Å². The predicted octanol–water partition coefficient (Wildman–Crippen LogP) is 1.83. The summed E-state index contributed by atoms with van der Waals surface area (Å²) < 4.78 is 13.3. The van der Waals surface area contributed by atoms with E-state index in [4.69, 9.17) is 5.26 Å². The Labute approximate surface area is 107 Å². The van der Waals surface area contributed by atoms with Crippen molar-refractivity contribution in [2.24, 2.45) is 0 Å². The molecule has 1 aliphatic heterocycles. The molecule has 1 aromatic carbocycles. The SMILES string of the molecule is CN(C)C1CCN(Cc2cc(F)cc(C#N)c2)C1. The molecule has 18 heavy (non-hydrogen) atoms. The van der Waals surface area contributed by atoms with Crippen molar-refractivity contribution in [2.45, 2.75) is 19.0 Å². The number of likely N-dealkylation sites (N-methyl/N-ethyl adjacent to an activating group) is 1. The lowest BCUT2D eigenvalue weighted by Crippen LogP contribution is -2.31. The van der Waals surface area contributed by atoms with Crippen molar-refractivity contribution in [3.63, 3.8) is 0 Å². The molecule has 0 radical (unpaired) electrons. The van der Waals surface area contributed by atoms with Gasteiger partial charge in [-0.3, -0.25) is 4.90 Å². The molecule has 3 nitrogen and oxygen atoms in total. The van der Waals surface area contributed by atoms with Crippen LogP contribution in [0.1, 0.15) is 17.5 Å². The van der Waals surface area contributed by atoms with Gasteiger partial charge in [0, 0.05) is 25.7 Å². The Kier molecular flexibility index (Phi) is 3.95. The molecule has 2 rings (SSSR count). The zero-order valence-electron chi connectivity index (χ0n) is 10.9. The van der Waals surface area contributed by atoms with Crippen molar-refractivity contribution in [1.29, 1.82) is 5.26 Å². The fourth-order valence-corrected chi connectivity index (χ4v) is 2.44. The fraction of sp³-hybridized carbons (Fsp3) is 0.500. The minimum absolute atomic E-state index is 0.326. The van der Waals surface area contributed by atoms with Crippen molar-refractivity contribution in [2.75, 3.05) is 27.2 Å². The molecule has 1 unspecified atom stereocenters. The van der Waals surface area contributed by atoms with Gasteiger partial charge < -0.3 is 4.90 Å². The maximum Gasteiger partial charge on any atom is 0.124 e. The number of rotatable bonds is 3. The summed E-state index contributed by atoms with van der Waals surface area (Å²) in [5.74, 6) is -0.326. The first-order valence-electron chi connectivity index (χ1n) is 6.17. The van der Waals surface area contributed by atoms with Gasteiger partial charge in [0.15, 0.2) is 0 Å². The smallest absolute Gasteiger partial charge is 0.124 e. The molecule has 1 aliphatic rings. The van der Waals surface area contributed by atoms with Crippen LogP contribution in [0.3, 0.4) is 0 Å². The Bertz CT molecular complexity index is 465. The van der Waals surface area contributed by atoms with Crippen LogP contribution in [0.25, 0.3) is 0 Å². The zero-order valence-corrected chi connectivity index (χ0v) is 10.9. The molecule has 1 heterocycles. The molecular weight excluding hydrogens is 229 g/mol. The summed E-state index contributed by atoms with van der Waals surface area (Å²) in [4.78, 5) is 4.53. The summed E-state index contributed by atoms with van der Waals surface area (Å²) in [6, 6.07) is 7.13. The summed E-state index contributed by atoms with van der Waals surface area (Å²) >= 11 is 0. The average Bonchev–Trinajstić information content (AvgIpc) is 2.76. The first-order valence-corrected chi connectivity index (χ1v) is 6.17. The van der Waals surface area contributed by atoms with Crippen LogP contribution in [0.15, 0.2) is 18.2 Å². The van der Waals surface area contributed by atoms with Gasteiger partial charge in [-0.15, -0.1) is 0 Å². The van der Waals surface area contributed by atoms with Crippen LogP contribution in [0.5, 0.6) is 0 Å². The summed E-state index contributed by atoms with van der Waals surface area (Å²) in [5.41, 5.74) is 1.28. The maximum absolute atomic E-state index is 13.3. The highest BCUT2D eigenvalue weighted by atomic mass is 19.1. The lowest BCUT2D eigenvalue weighted by Gasteiger charge is -2.20. The van der Waals surface area contributed by atoms with E-state index >= 15 is 0 Å². The van der Waals surface area contributed by atoms with Gasteiger partial charge in [-0.2, -0.15) is 5.26 Å². The van der Waals surface area contributed by atoms with Gasteiger partial charge in [0.2, 0.25) is 0 Å². The van der Waals surface area contributed by atoms with Crippen molar-refractivity contribution in [3.8, 4) is 6.07 Å². The monoisotopic (exact) mass is 247 g/mol. The Balaban J connectivity index is 2.03. The van der Waals surface area contributed by atoms with Gasteiger partial charge in [0.25, 0.3) is 0 Å². The van der Waals surface area contributed by atoms with Crippen LogP contribution < -0.4 is 0 Å². The summed E-state index contributed by atoms with van der Waals surface area (Å²) in [6.45, 7) is 2.75. The van der Waals surface area contributed by atoms with Gasteiger partial charge in [-0.25, -0.2) is 4.39 Å². The second kappa shape index (κ2) is 5.47. The fourth-order valence-electron chi connectivity index (χ4n) is 2.44. The number of nitriles is 1. The first kappa shape index (κ1) is 13.0. The second-order valence-corrected chi connectivity index (χ2v) is 5.10. The third-order valence-electron chi connectivity index (χ3n) is 3.47. The van der Waals surface area contributed by atoms with Gasteiger partial charge >= 0.3 is 0 Å². The minimum atomic E-state index is -0.326. The van der Waals surface area contributed by atoms with E-state index in [0.29, 0.717) is 11.6 Å². The van der Waals surface area contributed by atoms with E-state index in [1.807, 2.05) is 6.07 Å². The van der Waals surface area contributed by atoms with Crippen LogP contribution in [0.4, 0.5) is 4.39 Å². The quantitative estimate of drug-likeness (QED) is 0.816. The number of hydrogen-bond donors (Lipinski definition) is 0. The van der Waals surface area contributed by atoms with Crippen LogP contribution in [-0.4, -0.2) is 43.0 Å². The van der Waals surface area contributed by atoms with Gasteiger partial charge in [-0.1, -0.05) is 0 Å². The third-order valence-corrected chi connectivity index (χ3v) is 3.47. The molecule has 0 amide bonds. The highest BCUT2D eigenvalue weighted by Crippen LogP contribution is 2.17. The number of nitrogens with zero attached hydrogens (tertiary/aromatic N) is 3. The standard InChI is InChI=1S/C14H18FN3/c1-17(2)14-3-4-18(10-14)9-12-5-11(8-16)6-13(15)7-12/h5-7,14H,3-4,9-10H2,1-2H3. The number of likely N-dealkylation sites (tertiary alicyclic amines) is 1. The molecule has 96 valence electrons. The van der Waals surface area contributed by atoms with Crippen molar-refractivity contribution in [3.05, 3.63) is 35.1 Å². The van der Waals surface area contributed by atoms with Gasteiger partial charge in [0.05, 0.1) is 11.6 Å². The van der Waals surface area contributed by atoms with E-state index in [0.717, 1.165) is 31.6 Å². The van der Waals surface area contributed by atoms with Crippen LogP contribution in [0.2, 0.25) is 0 Å². The largest absolute Gasteiger partial charge is 0.305 e. The molecule has 0 aromatic heterocycles. The van der Waals surface area contributed by atoms with E-state index in [1.165, 1.54) is 12.1 Å². The van der Waals surface area contributed by atoms with Gasteiger partial charge in [-0.05, 0) is 44.3 Å². The highest BCUT2D eigenvalue weighted by Gasteiger charge is 2.23. The molecule has 0 spiro atoms. The highest BCUT2D eigenvalue weighted by molar-refractivity contribution is 5.33. The molecule has 1 fully saturated rings. The molecule has 1 atom stereocenters. The van der Waals surface area contributed by atoms with Crippen molar-refractivity contribution in [1.82, 2.24) is 9.80 Å². The average molecular weight is 247 g/mol.